The van der Waals surface area contributed by atoms with Gasteiger partial charge in [0.1, 0.15) is 5.58 Å². The van der Waals surface area contributed by atoms with Crippen LogP contribution in [0, 0.1) is 0 Å². The molecule has 0 saturated carbocycles. The first-order valence-electron chi connectivity index (χ1n) is 17.1. The highest BCUT2D eigenvalue weighted by molar-refractivity contribution is 7.25. The molecular weight excluding hydrogens is 643 g/mol. The fourth-order valence-corrected chi connectivity index (χ4v) is 8.91. The highest BCUT2D eigenvalue weighted by Gasteiger charge is 2.22. The van der Waals surface area contributed by atoms with Gasteiger partial charge in [-0.1, -0.05) is 115 Å². The zero-order chi connectivity index (χ0) is 33.5. The van der Waals surface area contributed by atoms with E-state index in [-0.39, 0.29) is 0 Å². The number of hydrogen-bond donors (Lipinski definition) is 0. The molecule has 0 aliphatic rings. The molecule has 7 aromatic carbocycles. The predicted octanol–water partition coefficient (Wildman–Crippen LogP) is 12.8. The van der Waals surface area contributed by atoms with E-state index in [9.17, 15) is 0 Å². The van der Waals surface area contributed by atoms with E-state index in [1.165, 1.54) is 25.6 Å². The third kappa shape index (κ3) is 4.25. The molecule has 238 valence electrons. The molecule has 11 aromatic rings. The Morgan fingerprint density at radius 2 is 1.12 bits per heavy atom. The number of rotatable bonds is 4. The molecule has 0 aliphatic carbocycles. The summed E-state index contributed by atoms with van der Waals surface area (Å²) in [5, 5.41) is 6.91. The van der Waals surface area contributed by atoms with Crippen LogP contribution < -0.4 is 0 Å². The van der Waals surface area contributed by atoms with Gasteiger partial charge in [0.25, 0.3) is 0 Å². The fourth-order valence-electron chi connectivity index (χ4n) is 7.78. The lowest BCUT2D eigenvalue weighted by Crippen LogP contribution is -1.96. The summed E-state index contributed by atoms with van der Waals surface area (Å²) in [5.74, 6) is 0.632. The van der Waals surface area contributed by atoms with Gasteiger partial charge in [-0.25, -0.2) is 9.97 Å². The Kier molecular flexibility index (Phi) is 6.09. The minimum absolute atomic E-state index is 0.632. The lowest BCUT2D eigenvalue weighted by atomic mass is 10.0. The Bertz CT molecular complexity index is 3140. The van der Waals surface area contributed by atoms with Gasteiger partial charge < -0.3 is 8.98 Å². The molecule has 0 fully saturated rings. The maximum absolute atomic E-state index is 7.05. The Morgan fingerprint density at radius 3 is 2.00 bits per heavy atom. The number of hydrogen-bond acceptors (Lipinski definition) is 4. The average molecular weight is 670 g/mol. The topological polar surface area (TPSA) is 43.9 Å². The summed E-state index contributed by atoms with van der Waals surface area (Å²) < 4.78 is 11.9. The lowest BCUT2D eigenvalue weighted by molar-refractivity contribution is 0.671. The van der Waals surface area contributed by atoms with Gasteiger partial charge in [0.15, 0.2) is 11.4 Å². The van der Waals surface area contributed by atoms with Gasteiger partial charge in [-0.05, 0) is 48.5 Å². The third-order valence-corrected chi connectivity index (χ3v) is 11.2. The molecule has 0 atom stereocenters. The van der Waals surface area contributed by atoms with Crippen molar-refractivity contribution in [2.45, 2.75) is 0 Å². The minimum Gasteiger partial charge on any atom is -0.453 e. The second-order valence-electron chi connectivity index (χ2n) is 12.9. The first-order valence-corrected chi connectivity index (χ1v) is 17.9. The van der Waals surface area contributed by atoms with E-state index < -0.39 is 0 Å². The average Bonchev–Trinajstić information content (AvgIpc) is 3.88. The normalized spacial score (nSPS) is 11.9. The number of nitrogens with zero attached hydrogens (tertiary/aromatic N) is 3. The van der Waals surface area contributed by atoms with E-state index in [1.807, 2.05) is 17.4 Å². The van der Waals surface area contributed by atoms with Crippen LogP contribution in [-0.2, 0) is 0 Å². The SMILES string of the molecule is c1ccc(-c2cc(-c3cccc4sc5ccccc5c34)nc(-c3cccc4c3oc3c4ccc4c5ccccc5n(-c5ccccc5)c43)n2)cc1. The largest absolute Gasteiger partial charge is 0.453 e. The molecule has 4 aromatic heterocycles. The first kappa shape index (κ1) is 28.3. The number of benzene rings is 7. The number of aromatic nitrogens is 3. The van der Waals surface area contributed by atoms with Gasteiger partial charge in [0.2, 0.25) is 0 Å². The Balaban J connectivity index is 1.21. The third-order valence-electron chi connectivity index (χ3n) is 10.0. The van der Waals surface area contributed by atoms with Gasteiger partial charge in [0, 0.05) is 58.5 Å². The second-order valence-corrected chi connectivity index (χ2v) is 14.0. The predicted molar refractivity (Wildman–Crippen MR) is 213 cm³/mol. The van der Waals surface area contributed by atoms with E-state index in [1.54, 1.807) is 0 Å². The van der Waals surface area contributed by atoms with Crippen LogP contribution >= 0.6 is 11.3 Å². The van der Waals surface area contributed by atoms with Crippen molar-refractivity contribution in [1.29, 1.82) is 0 Å². The summed E-state index contributed by atoms with van der Waals surface area (Å²) in [4.78, 5) is 10.6. The molecule has 51 heavy (non-hydrogen) atoms. The number of thiophene rings is 1. The summed E-state index contributed by atoms with van der Waals surface area (Å²) in [6.07, 6.45) is 0. The van der Waals surface area contributed by atoms with Crippen molar-refractivity contribution in [1.82, 2.24) is 14.5 Å². The van der Waals surface area contributed by atoms with Crippen molar-refractivity contribution in [3.63, 3.8) is 0 Å². The quantitative estimate of drug-likeness (QED) is 0.187. The van der Waals surface area contributed by atoms with Crippen LogP contribution in [0.4, 0.5) is 0 Å². The van der Waals surface area contributed by atoms with Crippen LogP contribution in [0.2, 0.25) is 0 Å². The molecule has 0 amide bonds. The van der Waals surface area contributed by atoms with Crippen LogP contribution in [-0.4, -0.2) is 14.5 Å². The van der Waals surface area contributed by atoms with Crippen LogP contribution in [0.5, 0.6) is 0 Å². The summed E-state index contributed by atoms with van der Waals surface area (Å²) in [7, 11) is 0. The number of furan rings is 1. The zero-order valence-electron chi connectivity index (χ0n) is 27.2. The number of fused-ring (bicyclic) bond motifs is 10. The zero-order valence-corrected chi connectivity index (χ0v) is 28.1. The summed E-state index contributed by atoms with van der Waals surface area (Å²) in [6.45, 7) is 0. The lowest BCUT2D eigenvalue weighted by Gasteiger charge is -2.11. The maximum atomic E-state index is 7.05. The van der Waals surface area contributed by atoms with Crippen LogP contribution in [0.15, 0.2) is 168 Å². The molecule has 0 radical (unpaired) electrons. The molecule has 4 nitrogen and oxygen atoms in total. The van der Waals surface area contributed by atoms with Gasteiger partial charge in [0.05, 0.1) is 28.0 Å². The van der Waals surface area contributed by atoms with Crippen LogP contribution in [0.3, 0.4) is 0 Å². The highest BCUT2D eigenvalue weighted by Crippen LogP contribution is 2.44. The maximum Gasteiger partial charge on any atom is 0.164 e. The van der Waals surface area contributed by atoms with Gasteiger partial charge in [-0.3, -0.25) is 0 Å². The molecule has 5 heteroatoms. The van der Waals surface area contributed by atoms with Gasteiger partial charge >= 0.3 is 0 Å². The van der Waals surface area contributed by atoms with E-state index in [0.717, 1.165) is 72.1 Å². The van der Waals surface area contributed by atoms with Crippen molar-refractivity contribution in [2.24, 2.45) is 0 Å². The van der Waals surface area contributed by atoms with Crippen molar-refractivity contribution in [3.8, 4) is 39.6 Å². The van der Waals surface area contributed by atoms with Crippen molar-refractivity contribution >= 4 is 75.3 Å². The van der Waals surface area contributed by atoms with Crippen LogP contribution in [0.1, 0.15) is 0 Å². The van der Waals surface area contributed by atoms with Crippen molar-refractivity contribution < 1.29 is 4.42 Å². The highest BCUT2D eigenvalue weighted by atomic mass is 32.1. The summed E-state index contributed by atoms with van der Waals surface area (Å²) in [5.41, 5.74) is 9.66. The van der Waals surface area contributed by atoms with Gasteiger partial charge in [-0.15, -0.1) is 11.3 Å². The van der Waals surface area contributed by atoms with Gasteiger partial charge in [-0.2, -0.15) is 0 Å². The minimum atomic E-state index is 0.632. The van der Waals surface area contributed by atoms with E-state index in [2.05, 4.69) is 162 Å². The molecular formula is C46H27N3OS. The summed E-state index contributed by atoms with van der Waals surface area (Å²) >= 11 is 1.82. The monoisotopic (exact) mass is 669 g/mol. The van der Waals surface area contributed by atoms with Crippen molar-refractivity contribution in [3.05, 3.63) is 164 Å². The van der Waals surface area contributed by atoms with E-state index >= 15 is 0 Å². The van der Waals surface area contributed by atoms with Crippen molar-refractivity contribution in [2.75, 3.05) is 0 Å². The van der Waals surface area contributed by atoms with E-state index in [4.69, 9.17) is 14.4 Å². The Labute approximate surface area is 296 Å². The second kappa shape index (κ2) is 11.0. The number of para-hydroxylation sites is 3. The molecule has 0 spiro atoms. The molecule has 0 N–H and O–H groups in total. The molecule has 0 aliphatic heterocycles. The standard InChI is InChI=1S/C46H27N3OS/c1-3-13-28(14-4-1)37-27-38(34-20-12-24-41-42(34)35-18-8-10-23-40(35)51-41)48-46(47-37)36-21-11-19-32-33-26-25-31-30-17-7-9-22-39(30)49(29-15-5-2-6-16-29)43(31)45(33)50-44(32)36/h1-27H. The van der Waals surface area contributed by atoms with E-state index in [0.29, 0.717) is 5.82 Å². The molecule has 4 heterocycles. The molecule has 0 unspecified atom stereocenters. The fraction of sp³-hybridized carbons (Fsp3) is 0. The molecule has 0 bridgehead atoms. The van der Waals surface area contributed by atoms with Crippen LogP contribution in [0.25, 0.3) is 104 Å². The Morgan fingerprint density at radius 1 is 0.471 bits per heavy atom. The molecule has 0 saturated heterocycles. The first-order chi connectivity index (χ1) is 25.3. The Hall–Kier alpha value is -6.56. The summed E-state index contributed by atoms with van der Waals surface area (Å²) in [6, 6.07) is 57.5. The molecule has 11 rings (SSSR count). The smallest absolute Gasteiger partial charge is 0.164 e.